The molecule has 0 aliphatic heterocycles. The molecule has 0 atom stereocenters. The van der Waals surface area contributed by atoms with E-state index in [-0.39, 0.29) is 0 Å². The molecule has 0 aliphatic rings. The number of hydrogen-bond acceptors (Lipinski definition) is 2. The monoisotopic (exact) mass is 269 g/mol. The normalized spacial score (nSPS) is 10.6. The SMILES string of the molecule is Cc1cccc(OCCNCc2c(C)cccc2C)c1. The topological polar surface area (TPSA) is 21.3 Å². The van der Waals surface area contributed by atoms with Gasteiger partial charge in [0.2, 0.25) is 0 Å². The number of nitrogens with one attached hydrogen (secondary N) is 1. The zero-order chi connectivity index (χ0) is 14.4. The van der Waals surface area contributed by atoms with Crippen molar-refractivity contribution in [1.29, 1.82) is 0 Å². The zero-order valence-corrected chi connectivity index (χ0v) is 12.6. The minimum Gasteiger partial charge on any atom is -0.492 e. The summed E-state index contributed by atoms with van der Waals surface area (Å²) in [5.41, 5.74) is 5.31. The molecule has 0 amide bonds. The van der Waals surface area contributed by atoms with Gasteiger partial charge in [-0.05, 0) is 55.2 Å². The second kappa shape index (κ2) is 7.11. The van der Waals surface area contributed by atoms with Gasteiger partial charge in [0.1, 0.15) is 12.4 Å². The maximum Gasteiger partial charge on any atom is 0.119 e. The number of benzene rings is 2. The second-order valence-corrected chi connectivity index (χ2v) is 5.21. The Morgan fingerprint density at radius 1 is 0.950 bits per heavy atom. The minimum absolute atomic E-state index is 0.689. The fourth-order valence-electron chi connectivity index (χ4n) is 2.29. The fourth-order valence-corrected chi connectivity index (χ4v) is 2.29. The predicted molar refractivity (Wildman–Crippen MR) is 84.3 cm³/mol. The van der Waals surface area contributed by atoms with E-state index in [1.165, 1.54) is 22.3 Å². The summed E-state index contributed by atoms with van der Waals surface area (Å²) < 4.78 is 5.72. The van der Waals surface area contributed by atoms with Crippen LogP contribution in [0, 0.1) is 20.8 Å². The highest BCUT2D eigenvalue weighted by Crippen LogP contribution is 2.13. The molecule has 2 heteroatoms. The second-order valence-electron chi connectivity index (χ2n) is 5.21. The van der Waals surface area contributed by atoms with Crippen LogP contribution in [0.5, 0.6) is 5.75 Å². The van der Waals surface area contributed by atoms with Crippen LogP contribution in [0.15, 0.2) is 42.5 Å². The molecule has 0 radical (unpaired) electrons. The van der Waals surface area contributed by atoms with Crippen molar-refractivity contribution in [2.45, 2.75) is 27.3 Å². The van der Waals surface area contributed by atoms with Gasteiger partial charge in [0.15, 0.2) is 0 Å². The molecule has 2 nitrogen and oxygen atoms in total. The van der Waals surface area contributed by atoms with E-state index in [1.54, 1.807) is 0 Å². The van der Waals surface area contributed by atoms with Gasteiger partial charge in [-0.1, -0.05) is 30.3 Å². The summed E-state index contributed by atoms with van der Waals surface area (Å²) >= 11 is 0. The molecule has 0 unspecified atom stereocenters. The van der Waals surface area contributed by atoms with Crippen molar-refractivity contribution in [2.75, 3.05) is 13.2 Å². The van der Waals surface area contributed by atoms with E-state index in [0.29, 0.717) is 6.61 Å². The first-order valence-electron chi connectivity index (χ1n) is 7.12. The lowest BCUT2D eigenvalue weighted by molar-refractivity contribution is 0.313. The number of hydrogen-bond donors (Lipinski definition) is 1. The molecule has 0 fully saturated rings. The summed E-state index contributed by atoms with van der Waals surface area (Å²) in [7, 11) is 0. The molecule has 2 aromatic carbocycles. The Balaban J connectivity index is 1.74. The van der Waals surface area contributed by atoms with E-state index < -0.39 is 0 Å². The molecule has 0 heterocycles. The molecule has 0 saturated heterocycles. The quantitative estimate of drug-likeness (QED) is 0.806. The maximum absolute atomic E-state index is 5.72. The van der Waals surface area contributed by atoms with Crippen LogP contribution in [0.3, 0.4) is 0 Å². The van der Waals surface area contributed by atoms with Gasteiger partial charge in [-0.2, -0.15) is 0 Å². The van der Waals surface area contributed by atoms with Crippen molar-refractivity contribution in [3.8, 4) is 5.75 Å². The van der Waals surface area contributed by atoms with Crippen molar-refractivity contribution >= 4 is 0 Å². The lowest BCUT2D eigenvalue weighted by Crippen LogP contribution is -2.21. The fraction of sp³-hybridized carbons (Fsp3) is 0.333. The maximum atomic E-state index is 5.72. The first kappa shape index (κ1) is 14.6. The number of ether oxygens (including phenoxy) is 1. The van der Waals surface area contributed by atoms with E-state index in [0.717, 1.165) is 18.8 Å². The van der Waals surface area contributed by atoms with Gasteiger partial charge in [-0.3, -0.25) is 0 Å². The number of aryl methyl sites for hydroxylation is 3. The van der Waals surface area contributed by atoms with Gasteiger partial charge in [-0.15, -0.1) is 0 Å². The summed E-state index contributed by atoms with van der Waals surface area (Å²) in [5.74, 6) is 0.943. The van der Waals surface area contributed by atoms with Gasteiger partial charge < -0.3 is 10.1 Å². The van der Waals surface area contributed by atoms with Crippen LogP contribution in [0.2, 0.25) is 0 Å². The summed E-state index contributed by atoms with van der Waals surface area (Å²) in [6.45, 7) is 8.83. The molecule has 0 bridgehead atoms. The Labute approximate surface area is 121 Å². The molecule has 0 aromatic heterocycles. The van der Waals surface area contributed by atoms with Crippen LogP contribution in [0.25, 0.3) is 0 Å². The van der Waals surface area contributed by atoms with Crippen molar-refractivity contribution < 1.29 is 4.74 Å². The third-order valence-electron chi connectivity index (χ3n) is 3.48. The molecular formula is C18H23NO. The molecule has 2 rings (SSSR count). The Hall–Kier alpha value is -1.80. The van der Waals surface area contributed by atoms with E-state index >= 15 is 0 Å². The van der Waals surface area contributed by atoms with E-state index in [9.17, 15) is 0 Å². The highest BCUT2D eigenvalue weighted by molar-refractivity contribution is 5.33. The molecule has 1 N–H and O–H groups in total. The van der Waals surface area contributed by atoms with Crippen LogP contribution in [0.1, 0.15) is 22.3 Å². The van der Waals surface area contributed by atoms with Crippen LogP contribution >= 0.6 is 0 Å². The first-order valence-corrected chi connectivity index (χ1v) is 7.12. The van der Waals surface area contributed by atoms with Gasteiger partial charge in [0.05, 0.1) is 0 Å². The van der Waals surface area contributed by atoms with Crippen LogP contribution in [-0.4, -0.2) is 13.2 Å². The van der Waals surface area contributed by atoms with E-state index in [1.807, 2.05) is 12.1 Å². The summed E-state index contributed by atoms with van der Waals surface area (Å²) in [6.07, 6.45) is 0. The molecule has 0 saturated carbocycles. The number of rotatable bonds is 6. The van der Waals surface area contributed by atoms with Crippen LogP contribution in [0.4, 0.5) is 0 Å². The van der Waals surface area contributed by atoms with Gasteiger partial charge in [0.25, 0.3) is 0 Å². The predicted octanol–water partition coefficient (Wildman–Crippen LogP) is 3.78. The van der Waals surface area contributed by atoms with Crippen molar-refractivity contribution in [3.05, 3.63) is 64.7 Å². The van der Waals surface area contributed by atoms with Crippen molar-refractivity contribution in [2.24, 2.45) is 0 Å². The summed E-state index contributed by atoms with van der Waals surface area (Å²) in [4.78, 5) is 0. The highest BCUT2D eigenvalue weighted by atomic mass is 16.5. The lowest BCUT2D eigenvalue weighted by Gasteiger charge is -2.11. The largest absolute Gasteiger partial charge is 0.492 e. The molecular weight excluding hydrogens is 246 g/mol. The summed E-state index contributed by atoms with van der Waals surface area (Å²) in [6, 6.07) is 14.6. The Morgan fingerprint density at radius 3 is 2.35 bits per heavy atom. The van der Waals surface area contributed by atoms with Crippen LogP contribution < -0.4 is 10.1 Å². The van der Waals surface area contributed by atoms with E-state index in [4.69, 9.17) is 4.74 Å². The Kier molecular flexibility index (Phi) is 5.19. The molecule has 0 aliphatic carbocycles. The van der Waals surface area contributed by atoms with E-state index in [2.05, 4.69) is 56.4 Å². The Morgan fingerprint density at radius 2 is 1.65 bits per heavy atom. The first-order chi connectivity index (χ1) is 9.66. The zero-order valence-electron chi connectivity index (χ0n) is 12.6. The average Bonchev–Trinajstić information content (AvgIpc) is 2.41. The molecule has 2 aromatic rings. The summed E-state index contributed by atoms with van der Waals surface area (Å²) in [5, 5.41) is 3.44. The van der Waals surface area contributed by atoms with Gasteiger partial charge >= 0.3 is 0 Å². The standard InChI is InChI=1S/C18H23NO/c1-14-6-4-9-17(12-14)20-11-10-19-13-18-15(2)7-5-8-16(18)3/h4-9,12,19H,10-11,13H2,1-3H3. The molecule has 106 valence electrons. The third kappa shape index (κ3) is 4.10. The van der Waals surface area contributed by atoms with Gasteiger partial charge in [0, 0.05) is 13.1 Å². The van der Waals surface area contributed by atoms with Gasteiger partial charge in [-0.25, -0.2) is 0 Å². The van der Waals surface area contributed by atoms with Crippen molar-refractivity contribution in [3.63, 3.8) is 0 Å². The smallest absolute Gasteiger partial charge is 0.119 e. The third-order valence-corrected chi connectivity index (χ3v) is 3.48. The molecule has 0 spiro atoms. The minimum atomic E-state index is 0.689. The highest BCUT2D eigenvalue weighted by Gasteiger charge is 2.01. The lowest BCUT2D eigenvalue weighted by atomic mass is 10.0. The molecule has 20 heavy (non-hydrogen) atoms. The average molecular weight is 269 g/mol. The Bertz CT molecular complexity index is 543. The van der Waals surface area contributed by atoms with Crippen LogP contribution in [-0.2, 0) is 6.54 Å². The van der Waals surface area contributed by atoms with Crippen molar-refractivity contribution in [1.82, 2.24) is 5.32 Å².